The zero-order valence-electron chi connectivity index (χ0n) is 13.0. The van der Waals surface area contributed by atoms with Gasteiger partial charge < -0.3 is 14.6 Å². The van der Waals surface area contributed by atoms with Gasteiger partial charge in [0.15, 0.2) is 6.23 Å². The molecule has 1 aliphatic heterocycles. The van der Waals surface area contributed by atoms with Crippen LogP contribution < -0.4 is 4.74 Å². The molecule has 2 heterocycles. The molecule has 0 amide bonds. The molecule has 0 fully saturated rings. The fourth-order valence-corrected chi connectivity index (χ4v) is 3.33. The van der Waals surface area contributed by atoms with E-state index >= 15 is 0 Å². The van der Waals surface area contributed by atoms with E-state index in [0.717, 1.165) is 28.3 Å². The van der Waals surface area contributed by atoms with Crippen molar-refractivity contribution in [2.45, 2.75) is 12.6 Å². The number of methoxy groups -OCH3 is 1. The summed E-state index contributed by atoms with van der Waals surface area (Å²) in [6, 6.07) is 5.90. The SMILES string of the molecule is COc1cc(-c2nc(C(O)N=[N+]=[N-])cs2)ccc1C1=CCOCC1. The Labute approximate surface area is 142 Å². The molecule has 0 saturated carbocycles. The summed E-state index contributed by atoms with van der Waals surface area (Å²) in [5.41, 5.74) is 11.9. The second kappa shape index (κ2) is 7.46. The zero-order valence-corrected chi connectivity index (χ0v) is 13.9. The smallest absolute Gasteiger partial charge is 0.175 e. The van der Waals surface area contributed by atoms with Crippen molar-refractivity contribution in [3.8, 4) is 16.3 Å². The van der Waals surface area contributed by atoms with Gasteiger partial charge in [-0.25, -0.2) is 4.98 Å². The summed E-state index contributed by atoms with van der Waals surface area (Å²) in [5, 5.41) is 15.3. The molecule has 1 atom stereocenters. The van der Waals surface area contributed by atoms with Crippen LogP contribution in [0.1, 0.15) is 23.9 Å². The van der Waals surface area contributed by atoms with Crippen LogP contribution in [0.25, 0.3) is 26.6 Å². The Bertz CT molecular complexity index is 811. The third kappa shape index (κ3) is 3.42. The lowest BCUT2D eigenvalue weighted by Crippen LogP contribution is -2.04. The minimum atomic E-state index is -1.27. The highest BCUT2D eigenvalue weighted by atomic mass is 32.1. The van der Waals surface area contributed by atoms with E-state index in [2.05, 4.69) is 21.1 Å². The van der Waals surface area contributed by atoms with Crippen LogP contribution in [0.4, 0.5) is 0 Å². The molecule has 124 valence electrons. The normalized spacial score (nSPS) is 15.3. The first-order valence-electron chi connectivity index (χ1n) is 7.36. The first kappa shape index (κ1) is 16.5. The monoisotopic (exact) mass is 344 g/mol. The number of hydrogen-bond donors (Lipinski definition) is 1. The van der Waals surface area contributed by atoms with Crippen LogP contribution in [0.2, 0.25) is 0 Å². The standard InChI is InChI=1S/C16H16N4O3S/c1-22-14-8-11(2-3-12(14)10-4-6-23-7-5-10)16-18-13(9-24-16)15(21)19-20-17/h2-4,8-9,15,21H,5-7H2,1H3. The Morgan fingerprint density at radius 2 is 2.38 bits per heavy atom. The Balaban J connectivity index is 1.92. The van der Waals surface area contributed by atoms with Crippen molar-refractivity contribution in [1.29, 1.82) is 0 Å². The Hall–Kier alpha value is -2.38. The first-order chi connectivity index (χ1) is 11.7. The van der Waals surface area contributed by atoms with E-state index in [1.165, 1.54) is 16.9 Å². The summed E-state index contributed by atoms with van der Waals surface area (Å²) in [5.74, 6) is 0.771. The predicted octanol–water partition coefficient (Wildman–Crippen LogP) is 3.92. The maximum Gasteiger partial charge on any atom is 0.175 e. The molecule has 8 heteroatoms. The summed E-state index contributed by atoms with van der Waals surface area (Å²) in [6.45, 7) is 1.33. The van der Waals surface area contributed by atoms with Gasteiger partial charge in [0, 0.05) is 21.4 Å². The van der Waals surface area contributed by atoms with Gasteiger partial charge in [-0.15, -0.1) is 11.3 Å². The molecule has 7 nitrogen and oxygen atoms in total. The summed E-state index contributed by atoms with van der Waals surface area (Å²) >= 11 is 1.37. The molecular weight excluding hydrogens is 328 g/mol. The van der Waals surface area contributed by atoms with E-state index in [-0.39, 0.29) is 0 Å². The molecule has 2 aromatic rings. The third-order valence-electron chi connectivity index (χ3n) is 3.71. The van der Waals surface area contributed by atoms with E-state index in [4.69, 9.17) is 15.0 Å². The fraction of sp³-hybridized carbons (Fsp3) is 0.312. The largest absolute Gasteiger partial charge is 0.496 e. The van der Waals surface area contributed by atoms with Gasteiger partial charge in [-0.2, -0.15) is 0 Å². The number of benzene rings is 1. The summed E-state index contributed by atoms with van der Waals surface area (Å²) in [7, 11) is 1.64. The molecule has 0 radical (unpaired) electrons. The maximum absolute atomic E-state index is 9.68. The number of thiazole rings is 1. The van der Waals surface area contributed by atoms with Crippen molar-refractivity contribution in [1.82, 2.24) is 4.98 Å². The van der Waals surface area contributed by atoms with Crippen LogP contribution in [-0.4, -0.2) is 30.4 Å². The number of rotatable bonds is 5. The van der Waals surface area contributed by atoms with Gasteiger partial charge in [0.1, 0.15) is 10.8 Å². The highest BCUT2D eigenvalue weighted by Gasteiger charge is 2.15. The van der Waals surface area contributed by atoms with Gasteiger partial charge in [-0.3, -0.25) is 0 Å². The van der Waals surface area contributed by atoms with Crippen molar-refractivity contribution >= 4 is 16.9 Å². The molecule has 24 heavy (non-hydrogen) atoms. The molecule has 1 aromatic heterocycles. The lowest BCUT2D eigenvalue weighted by Gasteiger charge is -2.17. The average Bonchev–Trinajstić information content (AvgIpc) is 3.12. The van der Waals surface area contributed by atoms with Gasteiger partial charge >= 0.3 is 0 Å². The Morgan fingerprint density at radius 1 is 1.50 bits per heavy atom. The van der Waals surface area contributed by atoms with Crippen molar-refractivity contribution in [2.75, 3.05) is 20.3 Å². The number of azide groups is 1. The van der Waals surface area contributed by atoms with Gasteiger partial charge in [-0.1, -0.05) is 23.3 Å². The van der Waals surface area contributed by atoms with E-state index in [1.807, 2.05) is 18.2 Å². The average molecular weight is 344 g/mol. The molecule has 0 spiro atoms. The van der Waals surface area contributed by atoms with Crippen LogP contribution >= 0.6 is 11.3 Å². The van der Waals surface area contributed by atoms with E-state index in [0.29, 0.717) is 18.9 Å². The molecule has 1 unspecified atom stereocenters. The Kier molecular flexibility index (Phi) is 5.12. The van der Waals surface area contributed by atoms with Crippen molar-refractivity contribution in [3.63, 3.8) is 0 Å². The van der Waals surface area contributed by atoms with E-state index in [9.17, 15) is 5.11 Å². The van der Waals surface area contributed by atoms with Crippen LogP contribution in [0.3, 0.4) is 0 Å². The number of nitrogens with zero attached hydrogens (tertiary/aromatic N) is 4. The van der Waals surface area contributed by atoms with Gasteiger partial charge in [0.05, 0.1) is 26.0 Å². The molecule has 1 N–H and O–H groups in total. The fourth-order valence-electron chi connectivity index (χ4n) is 2.51. The van der Waals surface area contributed by atoms with Crippen molar-refractivity contribution in [2.24, 2.45) is 5.11 Å². The number of aromatic nitrogens is 1. The third-order valence-corrected chi connectivity index (χ3v) is 4.61. The van der Waals surface area contributed by atoms with Gasteiger partial charge in [-0.05, 0) is 23.6 Å². The maximum atomic E-state index is 9.68. The second-order valence-corrected chi connectivity index (χ2v) is 5.98. The van der Waals surface area contributed by atoms with Crippen molar-refractivity contribution < 1.29 is 14.6 Å². The molecule has 0 bridgehead atoms. The summed E-state index contributed by atoms with van der Waals surface area (Å²) in [6.07, 6.45) is 1.65. The summed E-state index contributed by atoms with van der Waals surface area (Å²) < 4.78 is 10.9. The molecule has 1 aromatic carbocycles. The molecule has 1 aliphatic rings. The minimum absolute atomic E-state index is 0.336. The highest BCUT2D eigenvalue weighted by molar-refractivity contribution is 7.13. The number of hydrogen-bond acceptors (Lipinski definition) is 6. The zero-order chi connectivity index (χ0) is 16.9. The molecule has 3 rings (SSSR count). The topological polar surface area (TPSA) is 100 Å². The number of aliphatic hydroxyl groups excluding tert-OH is 1. The second-order valence-electron chi connectivity index (χ2n) is 5.13. The molecule has 0 aliphatic carbocycles. The minimum Gasteiger partial charge on any atom is -0.496 e. The van der Waals surface area contributed by atoms with E-state index < -0.39 is 6.23 Å². The number of ether oxygens (including phenoxy) is 2. The quantitative estimate of drug-likeness (QED) is 0.504. The number of aliphatic hydroxyl groups is 1. The predicted molar refractivity (Wildman–Crippen MR) is 91.6 cm³/mol. The van der Waals surface area contributed by atoms with Crippen LogP contribution in [0.15, 0.2) is 34.8 Å². The van der Waals surface area contributed by atoms with Crippen LogP contribution in [-0.2, 0) is 4.74 Å². The lowest BCUT2D eigenvalue weighted by molar-refractivity contribution is 0.161. The van der Waals surface area contributed by atoms with E-state index in [1.54, 1.807) is 12.5 Å². The van der Waals surface area contributed by atoms with Gasteiger partial charge in [0.2, 0.25) is 0 Å². The van der Waals surface area contributed by atoms with Crippen LogP contribution in [0.5, 0.6) is 5.75 Å². The summed E-state index contributed by atoms with van der Waals surface area (Å²) in [4.78, 5) is 6.92. The highest BCUT2D eigenvalue weighted by Crippen LogP contribution is 2.35. The molecular formula is C16H16N4O3S. The first-order valence-corrected chi connectivity index (χ1v) is 8.24. The van der Waals surface area contributed by atoms with Crippen LogP contribution in [0, 0.1) is 0 Å². The van der Waals surface area contributed by atoms with Crippen molar-refractivity contribution in [3.05, 3.63) is 51.4 Å². The van der Waals surface area contributed by atoms with Gasteiger partial charge in [0.25, 0.3) is 0 Å². The Morgan fingerprint density at radius 3 is 3.08 bits per heavy atom. The molecule has 0 saturated heterocycles. The lowest BCUT2D eigenvalue weighted by atomic mass is 9.99.